The van der Waals surface area contributed by atoms with Crippen molar-refractivity contribution in [3.05, 3.63) is 82.9 Å². The van der Waals surface area contributed by atoms with Crippen molar-refractivity contribution < 1.29 is 18.0 Å². The fourth-order valence-corrected chi connectivity index (χ4v) is 4.99. The van der Waals surface area contributed by atoms with Crippen molar-refractivity contribution in [2.45, 2.75) is 38.4 Å². The van der Waals surface area contributed by atoms with Crippen molar-refractivity contribution in [1.29, 1.82) is 0 Å². The van der Waals surface area contributed by atoms with E-state index in [0.717, 1.165) is 56.9 Å². The van der Waals surface area contributed by atoms with E-state index in [9.17, 15) is 13.2 Å². The average Bonchev–Trinajstić information content (AvgIpc) is 3.77. The molecule has 0 atom stereocenters. The second-order valence-electron chi connectivity index (χ2n) is 10.5. The van der Waals surface area contributed by atoms with E-state index in [0.29, 0.717) is 28.7 Å². The van der Waals surface area contributed by atoms with E-state index in [1.54, 1.807) is 41.2 Å². The van der Waals surface area contributed by atoms with Crippen LogP contribution in [0.15, 0.2) is 54.9 Å². The number of likely N-dealkylation sites (N-methyl/N-ethyl adjacent to an activating group) is 1. The maximum absolute atomic E-state index is 14.0. The van der Waals surface area contributed by atoms with Gasteiger partial charge in [-0.2, -0.15) is 18.3 Å². The molecule has 2 aliphatic rings. The molecule has 12 heteroatoms. The first-order chi connectivity index (χ1) is 20.8. The number of fused-ring (bicyclic) bond motifs is 1. The van der Waals surface area contributed by atoms with Gasteiger partial charge in [0, 0.05) is 56.1 Å². The number of anilines is 2. The summed E-state index contributed by atoms with van der Waals surface area (Å²) >= 11 is 0. The van der Waals surface area contributed by atoms with Gasteiger partial charge in [0.2, 0.25) is 6.41 Å². The fourth-order valence-electron chi connectivity index (χ4n) is 4.99. The lowest BCUT2D eigenvalue weighted by Gasteiger charge is -2.34. The van der Waals surface area contributed by atoms with Crippen LogP contribution in [-0.4, -0.2) is 68.5 Å². The molecule has 3 aromatic heterocycles. The van der Waals surface area contributed by atoms with Crippen molar-refractivity contribution in [1.82, 2.24) is 29.4 Å². The Balaban J connectivity index is 0.00000118. The molecule has 1 aliphatic heterocycles. The number of hydrogen-bond donors (Lipinski definition) is 2. The Kier molecular flexibility index (Phi) is 9.23. The monoisotopic (exact) mass is 590 g/mol. The minimum Gasteiger partial charge on any atom is -0.372 e. The molecule has 2 fully saturated rings. The van der Waals surface area contributed by atoms with Crippen LogP contribution in [0.3, 0.4) is 0 Å². The third-order valence-corrected chi connectivity index (χ3v) is 7.47. The van der Waals surface area contributed by atoms with Crippen molar-refractivity contribution in [2.24, 2.45) is 5.73 Å². The number of nitrogens with two attached hydrogens (primary N) is 1. The molecule has 0 radical (unpaired) electrons. The van der Waals surface area contributed by atoms with Gasteiger partial charge in [0.15, 0.2) is 5.65 Å². The Morgan fingerprint density at radius 1 is 1.02 bits per heavy atom. The molecule has 0 spiro atoms. The quantitative estimate of drug-likeness (QED) is 0.253. The van der Waals surface area contributed by atoms with Crippen molar-refractivity contribution in [3.63, 3.8) is 0 Å². The van der Waals surface area contributed by atoms with Gasteiger partial charge >= 0.3 is 6.18 Å². The summed E-state index contributed by atoms with van der Waals surface area (Å²) in [6.07, 6.45) is 1.38. The molecule has 1 saturated heterocycles. The summed E-state index contributed by atoms with van der Waals surface area (Å²) in [5, 5.41) is 7.71. The Morgan fingerprint density at radius 3 is 2.47 bits per heavy atom. The van der Waals surface area contributed by atoms with Gasteiger partial charge in [-0.15, -0.1) is 0 Å². The Labute approximate surface area is 247 Å². The highest BCUT2D eigenvalue weighted by atomic mass is 19.4. The van der Waals surface area contributed by atoms with Crippen LogP contribution in [-0.2, 0) is 17.5 Å². The molecule has 0 unspecified atom stereocenters. The molecule has 6 rings (SSSR count). The third-order valence-electron chi connectivity index (χ3n) is 7.47. The normalized spacial score (nSPS) is 15.7. The number of pyridine rings is 1. The predicted octanol–water partition coefficient (Wildman–Crippen LogP) is 4.40. The molecule has 1 aromatic carbocycles. The molecule has 224 valence electrons. The highest BCUT2D eigenvalue weighted by Crippen LogP contribution is 2.39. The maximum atomic E-state index is 14.0. The van der Waals surface area contributed by atoms with Gasteiger partial charge in [-0.3, -0.25) is 9.69 Å². The SMILES string of the molecule is CCN1CCN(Cc2ccc(Nc3cc(C#Cc4cnc5ccc(C6CC6)nn45)ccn3)cc2C(F)(F)F)CC1.NC=O. The lowest BCUT2D eigenvalue weighted by atomic mass is 10.0. The number of nitrogens with zero attached hydrogens (tertiary/aromatic N) is 6. The number of piperazine rings is 1. The number of imidazole rings is 1. The van der Waals surface area contributed by atoms with Gasteiger partial charge in [-0.25, -0.2) is 14.5 Å². The number of aromatic nitrogens is 4. The first-order valence-corrected chi connectivity index (χ1v) is 14.2. The maximum Gasteiger partial charge on any atom is 0.416 e. The molecule has 9 nitrogen and oxygen atoms in total. The van der Waals surface area contributed by atoms with Crippen LogP contribution in [0.1, 0.15) is 53.8 Å². The summed E-state index contributed by atoms with van der Waals surface area (Å²) in [6, 6.07) is 11.8. The fraction of sp³-hybridized carbons (Fsp3) is 0.355. The largest absolute Gasteiger partial charge is 0.416 e. The first kappa shape index (κ1) is 30.0. The molecule has 4 aromatic rings. The van der Waals surface area contributed by atoms with Gasteiger partial charge < -0.3 is 16.0 Å². The van der Waals surface area contributed by atoms with E-state index in [1.807, 2.05) is 12.1 Å². The number of benzene rings is 1. The van der Waals surface area contributed by atoms with E-state index < -0.39 is 11.7 Å². The molecule has 1 amide bonds. The predicted molar refractivity (Wildman–Crippen MR) is 158 cm³/mol. The van der Waals surface area contributed by atoms with Crippen LogP contribution >= 0.6 is 0 Å². The summed E-state index contributed by atoms with van der Waals surface area (Å²) in [4.78, 5) is 21.6. The van der Waals surface area contributed by atoms with E-state index in [4.69, 9.17) is 9.89 Å². The number of primary amides is 1. The summed E-state index contributed by atoms with van der Waals surface area (Å²) in [5.74, 6) is 7.16. The van der Waals surface area contributed by atoms with Crippen molar-refractivity contribution in [3.8, 4) is 11.8 Å². The highest BCUT2D eigenvalue weighted by molar-refractivity contribution is 5.60. The van der Waals surface area contributed by atoms with Crippen LogP contribution in [0.25, 0.3) is 5.65 Å². The number of carbonyl (C=O) groups excluding carboxylic acids is 1. The second kappa shape index (κ2) is 13.2. The molecular weight excluding hydrogens is 557 g/mol. The van der Waals surface area contributed by atoms with Gasteiger partial charge in [0.1, 0.15) is 11.5 Å². The van der Waals surface area contributed by atoms with E-state index in [-0.39, 0.29) is 18.5 Å². The lowest BCUT2D eigenvalue weighted by Crippen LogP contribution is -2.45. The van der Waals surface area contributed by atoms with Crippen LogP contribution in [0, 0.1) is 11.8 Å². The number of rotatable bonds is 6. The van der Waals surface area contributed by atoms with Gasteiger partial charge in [0.25, 0.3) is 0 Å². The van der Waals surface area contributed by atoms with Crippen LogP contribution in [0.2, 0.25) is 0 Å². The van der Waals surface area contributed by atoms with Gasteiger partial charge in [-0.05, 0) is 67.3 Å². The molecule has 4 heterocycles. The standard InChI is InChI=1S/C30H30F3N7.CH3NO/c1-2-38-13-15-39(16-14-38)20-23-6-7-24(18-26(23)30(31,32)33)36-28-17-21(11-12-34-28)3-8-25-19-35-29-10-9-27(22-4-5-22)37-40(25)29;2-1-3/h6-7,9-12,17-19,22H,2,4-5,13-16,20H2,1H3,(H,34,36);1H,(H2,2,3). The molecule has 0 bridgehead atoms. The summed E-state index contributed by atoms with van der Waals surface area (Å²) in [7, 11) is 0. The number of halogens is 3. The van der Waals surface area contributed by atoms with E-state index >= 15 is 0 Å². The molecule has 3 N–H and O–H groups in total. The summed E-state index contributed by atoms with van der Waals surface area (Å²) in [6.45, 7) is 6.60. The van der Waals surface area contributed by atoms with Crippen LogP contribution in [0.5, 0.6) is 0 Å². The Morgan fingerprint density at radius 2 is 1.77 bits per heavy atom. The second-order valence-corrected chi connectivity index (χ2v) is 10.5. The van der Waals surface area contributed by atoms with E-state index in [2.05, 4.69) is 49.6 Å². The number of amides is 1. The topological polar surface area (TPSA) is 105 Å². The number of carbonyl (C=O) groups is 1. The number of alkyl halides is 3. The summed E-state index contributed by atoms with van der Waals surface area (Å²) < 4.78 is 43.8. The Hall–Kier alpha value is -4.47. The zero-order chi connectivity index (χ0) is 30.4. The smallest absolute Gasteiger partial charge is 0.372 e. The minimum absolute atomic E-state index is 0.250. The summed E-state index contributed by atoms with van der Waals surface area (Å²) in [5.41, 5.74) is 7.27. The average molecular weight is 591 g/mol. The lowest BCUT2D eigenvalue weighted by molar-refractivity contribution is -0.138. The van der Waals surface area contributed by atoms with Gasteiger partial charge in [0.05, 0.1) is 17.5 Å². The number of nitrogens with one attached hydrogen (secondary N) is 1. The third kappa shape index (κ3) is 7.68. The Bertz CT molecular complexity index is 1630. The highest BCUT2D eigenvalue weighted by Gasteiger charge is 2.34. The molecule has 1 aliphatic carbocycles. The van der Waals surface area contributed by atoms with Crippen molar-refractivity contribution in [2.75, 3.05) is 38.0 Å². The zero-order valence-electron chi connectivity index (χ0n) is 23.8. The first-order valence-electron chi connectivity index (χ1n) is 14.2. The minimum atomic E-state index is -4.46. The zero-order valence-corrected chi connectivity index (χ0v) is 23.8. The molecular formula is C31H33F3N8O. The molecule has 43 heavy (non-hydrogen) atoms. The van der Waals surface area contributed by atoms with Crippen LogP contribution in [0.4, 0.5) is 24.7 Å². The number of hydrogen-bond acceptors (Lipinski definition) is 7. The van der Waals surface area contributed by atoms with Crippen LogP contribution < -0.4 is 11.1 Å². The van der Waals surface area contributed by atoms with E-state index in [1.165, 1.54) is 6.07 Å². The van der Waals surface area contributed by atoms with Gasteiger partial charge in [-0.1, -0.05) is 18.9 Å². The molecule has 1 saturated carbocycles. The van der Waals surface area contributed by atoms with Crippen molar-refractivity contribution >= 4 is 23.6 Å².